The van der Waals surface area contributed by atoms with E-state index in [1.54, 1.807) is 18.6 Å². The van der Waals surface area contributed by atoms with E-state index in [-0.39, 0.29) is 22.0 Å². The van der Waals surface area contributed by atoms with Gasteiger partial charge in [-0.25, -0.2) is 23.7 Å². The van der Waals surface area contributed by atoms with E-state index in [1.807, 2.05) is 19.9 Å². The highest BCUT2D eigenvalue weighted by molar-refractivity contribution is 7.13. The van der Waals surface area contributed by atoms with Gasteiger partial charge in [0.15, 0.2) is 10.8 Å². The van der Waals surface area contributed by atoms with Crippen molar-refractivity contribution >= 4 is 28.3 Å². The molecule has 0 saturated heterocycles. The fourth-order valence-corrected chi connectivity index (χ4v) is 5.72. The number of carbonyl (C=O) groups is 1. The number of hydrogen-bond donors (Lipinski definition) is 1. The smallest absolute Gasteiger partial charge is 0.280 e. The van der Waals surface area contributed by atoms with Crippen LogP contribution in [0.25, 0.3) is 28.2 Å². The molecule has 5 aromatic heterocycles. The van der Waals surface area contributed by atoms with Crippen molar-refractivity contribution in [2.24, 2.45) is 0 Å². The molecule has 6 rings (SSSR count). The molecule has 1 amide bonds. The Bertz CT molecular complexity index is 1590. The minimum atomic E-state index is -2.65. The van der Waals surface area contributed by atoms with Crippen molar-refractivity contribution in [2.45, 2.75) is 58.0 Å². The summed E-state index contributed by atoms with van der Waals surface area (Å²) in [7, 11) is 0. The Labute approximate surface area is 218 Å². The Kier molecular flexibility index (Phi) is 6.18. The molecule has 1 aliphatic carbocycles. The van der Waals surface area contributed by atoms with Gasteiger partial charge in [0.1, 0.15) is 17.1 Å². The summed E-state index contributed by atoms with van der Waals surface area (Å²) >= 11 is 0.715. The summed E-state index contributed by atoms with van der Waals surface area (Å²) in [6.45, 7) is 3.72. The average Bonchev–Trinajstić information content (AvgIpc) is 3.70. The molecule has 0 spiro atoms. The summed E-state index contributed by atoms with van der Waals surface area (Å²) < 4.78 is 33.6. The van der Waals surface area contributed by atoms with E-state index in [1.165, 1.54) is 4.80 Å². The molecule has 0 bridgehead atoms. The van der Waals surface area contributed by atoms with Crippen LogP contribution < -0.4 is 5.32 Å². The van der Waals surface area contributed by atoms with Gasteiger partial charge in [0, 0.05) is 24.3 Å². The molecule has 11 nitrogen and oxygen atoms in total. The maximum absolute atomic E-state index is 13.0. The second kappa shape index (κ2) is 9.67. The standard InChI is InChI=1S/C24H23F2N9O2S/c1-12-20(13(2)37-33-12)22-32-16-10-27-19(35-29-6-7-30-35)9-17(16)34(22)15-5-3-4-14(8-15)31-23(36)24-28-11-18(38-24)21(25)26/h6-7,9-11,14-15,21H,3-5,8H2,1-2H3,(H,31,36)/t14-,15+/m0/s1. The first-order valence-corrected chi connectivity index (χ1v) is 12.9. The van der Waals surface area contributed by atoms with Crippen molar-refractivity contribution in [3.8, 4) is 17.2 Å². The van der Waals surface area contributed by atoms with Crippen LogP contribution in [0.4, 0.5) is 8.78 Å². The number of rotatable bonds is 6. The zero-order valence-electron chi connectivity index (χ0n) is 20.5. The highest BCUT2D eigenvalue weighted by Crippen LogP contribution is 2.38. The quantitative estimate of drug-likeness (QED) is 0.332. The van der Waals surface area contributed by atoms with Gasteiger partial charge < -0.3 is 14.4 Å². The number of aromatic nitrogens is 8. The summed E-state index contributed by atoms with van der Waals surface area (Å²) in [5.41, 5.74) is 3.08. The lowest BCUT2D eigenvalue weighted by atomic mass is 9.90. The first kappa shape index (κ1) is 24.3. The van der Waals surface area contributed by atoms with Crippen LogP contribution in [0.3, 0.4) is 0 Å². The van der Waals surface area contributed by atoms with Crippen molar-refractivity contribution in [1.29, 1.82) is 0 Å². The molecule has 1 fully saturated rings. The largest absolute Gasteiger partial charge is 0.361 e. The molecule has 0 unspecified atom stereocenters. The van der Waals surface area contributed by atoms with Crippen molar-refractivity contribution in [1.82, 2.24) is 45.0 Å². The first-order valence-electron chi connectivity index (χ1n) is 12.1. The Morgan fingerprint density at radius 2 is 2.00 bits per heavy atom. The second-order valence-corrected chi connectivity index (χ2v) is 10.3. The van der Waals surface area contributed by atoms with E-state index in [2.05, 4.69) is 35.2 Å². The van der Waals surface area contributed by atoms with Gasteiger partial charge in [-0.3, -0.25) is 4.79 Å². The third kappa shape index (κ3) is 4.34. The molecule has 14 heteroatoms. The molecule has 5 heterocycles. The van der Waals surface area contributed by atoms with Crippen LogP contribution in [-0.2, 0) is 0 Å². The van der Waals surface area contributed by atoms with Crippen molar-refractivity contribution in [3.63, 3.8) is 0 Å². The lowest BCUT2D eigenvalue weighted by Gasteiger charge is -2.31. The van der Waals surface area contributed by atoms with Gasteiger partial charge in [-0.05, 0) is 39.5 Å². The van der Waals surface area contributed by atoms with Crippen LogP contribution in [0.2, 0.25) is 0 Å². The van der Waals surface area contributed by atoms with E-state index in [0.29, 0.717) is 40.7 Å². The predicted octanol–water partition coefficient (Wildman–Crippen LogP) is 4.59. The number of carbonyl (C=O) groups excluding carboxylic acids is 1. The predicted molar refractivity (Wildman–Crippen MR) is 133 cm³/mol. The lowest BCUT2D eigenvalue weighted by molar-refractivity contribution is 0.0920. The normalized spacial score (nSPS) is 17.9. The van der Waals surface area contributed by atoms with Gasteiger partial charge in [-0.2, -0.15) is 10.2 Å². The maximum Gasteiger partial charge on any atom is 0.280 e. The Balaban J connectivity index is 1.37. The SMILES string of the molecule is Cc1noc(C)c1-c1nc2cnc(-n3nccn3)cc2n1[C@@H]1CCC[C@H](NC(=O)c2ncc(C(F)F)s2)C1. The Morgan fingerprint density at radius 1 is 1.18 bits per heavy atom. The van der Waals surface area contributed by atoms with Gasteiger partial charge in [0.05, 0.1) is 40.2 Å². The highest BCUT2D eigenvalue weighted by Gasteiger charge is 2.31. The zero-order valence-corrected chi connectivity index (χ0v) is 21.3. The minimum absolute atomic E-state index is 0.0171. The summed E-state index contributed by atoms with van der Waals surface area (Å²) in [5, 5.41) is 15.6. The molecular weight excluding hydrogens is 516 g/mol. The van der Waals surface area contributed by atoms with Gasteiger partial charge in [0.2, 0.25) is 0 Å². The van der Waals surface area contributed by atoms with Crippen molar-refractivity contribution in [3.05, 3.63) is 52.2 Å². The summed E-state index contributed by atoms with van der Waals surface area (Å²) in [6.07, 6.45) is 6.37. The molecule has 1 N–H and O–H groups in total. The number of thiazole rings is 1. The topological polar surface area (TPSA) is 129 Å². The van der Waals surface area contributed by atoms with Crippen LogP contribution >= 0.6 is 11.3 Å². The second-order valence-electron chi connectivity index (χ2n) is 9.21. The summed E-state index contributed by atoms with van der Waals surface area (Å²) in [6, 6.07) is 1.72. The van der Waals surface area contributed by atoms with Gasteiger partial charge in [-0.1, -0.05) is 5.16 Å². The van der Waals surface area contributed by atoms with Gasteiger partial charge in [0.25, 0.3) is 12.3 Å². The lowest BCUT2D eigenvalue weighted by Crippen LogP contribution is -2.39. The van der Waals surface area contributed by atoms with Crippen LogP contribution in [0.1, 0.15) is 64.3 Å². The van der Waals surface area contributed by atoms with Crippen LogP contribution in [-0.4, -0.2) is 51.6 Å². The van der Waals surface area contributed by atoms with Crippen molar-refractivity contribution < 1.29 is 18.1 Å². The number of halogens is 2. The number of aryl methyl sites for hydroxylation is 2. The number of imidazole rings is 1. The van der Waals surface area contributed by atoms with Gasteiger partial charge in [-0.15, -0.1) is 16.1 Å². The molecule has 0 aromatic carbocycles. The summed E-state index contributed by atoms with van der Waals surface area (Å²) in [5.74, 6) is 1.47. The first-order chi connectivity index (χ1) is 18.4. The average molecular weight is 540 g/mol. The zero-order chi connectivity index (χ0) is 26.4. The van der Waals surface area contributed by atoms with Crippen LogP contribution in [0.5, 0.6) is 0 Å². The number of amides is 1. The molecule has 1 saturated carbocycles. The molecule has 0 aliphatic heterocycles. The Morgan fingerprint density at radius 3 is 2.71 bits per heavy atom. The minimum Gasteiger partial charge on any atom is -0.361 e. The van der Waals surface area contributed by atoms with Crippen molar-refractivity contribution in [2.75, 3.05) is 0 Å². The van der Waals surface area contributed by atoms with E-state index in [0.717, 1.165) is 42.2 Å². The van der Waals surface area contributed by atoms with E-state index in [4.69, 9.17) is 9.51 Å². The molecule has 0 radical (unpaired) electrons. The van der Waals surface area contributed by atoms with Gasteiger partial charge >= 0.3 is 0 Å². The number of pyridine rings is 1. The number of nitrogens with one attached hydrogen (secondary N) is 1. The number of hydrogen-bond acceptors (Lipinski definition) is 9. The number of nitrogens with zero attached hydrogens (tertiary/aromatic N) is 8. The molecule has 196 valence electrons. The Hall–Kier alpha value is -4.07. The third-order valence-corrected chi connectivity index (χ3v) is 7.73. The maximum atomic E-state index is 13.0. The van der Waals surface area contributed by atoms with E-state index < -0.39 is 12.3 Å². The fourth-order valence-electron chi connectivity index (χ4n) is 5.05. The summed E-state index contributed by atoms with van der Waals surface area (Å²) in [4.78, 5) is 27.3. The van der Waals surface area contributed by atoms with Crippen LogP contribution in [0, 0.1) is 13.8 Å². The number of alkyl halides is 2. The molecule has 38 heavy (non-hydrogen) atoms. The van der Waals surface area contributed by atoms with E-state index in [9.17, 15) is 13.6 Å². The molecule has 1 aliphatic rings. The monoisotopic (exact) mass is 539 g/mol. The molecule has 2 atom stereocenters. The van der Waals surface area contributed by atoms with E-state index >= 15 is 0 Å². The third-order valence-electron chi connectivity index (χ3n) is 6.72. The molecular formula is C24H23F2N9O2S. The number of fused-ring (bicyclic) bond motifs is 1. The molecule has 5 aromatic rings. The fraction of sp³-hybridized carbons (Fsp3) is 0.375. The highest BCUT2D eigenvalue weighted by atomic mass is 32.1. The van der Waals surface area contributed by atoms with Crippen LogP contribution in [0.15, 0.2) is 35.4 Å².